The van der Waals surface area contributed by atoms with E-state index in [1.54, 1.807) is 4.57 Å². The summed E-state index contributed by atoms with van der Waals surface area (Å²) in [5, 5.41) is 0.588. The molecule has 34 heavy (non-hydrogen) atoms. The first-order valence-electron chi connectivity index (χ1n) is 12.8. The lowest BCUT2D eigenvalue weighted by Crippen LogP contribution is -2.39. The molecule has 1 atom stereocenters. The number of carbonyl (C=O) groups is 1. The van der Waals surface area contributed by atoms with Crippen LogP contribution in [0.15, 0.2) is 53.3 Å². The zero-order chi connectivity index (χ0) is 24.7. The van der Waals surface area contributed by atoms with Gasteiger partial charge in [-0.05, 0) is 49.9 Å². The molecule has 0 aliphatic rings. The first-order chi connectivity index (χ1) is 16.4. The number of nitrogens with zero attached hydrogens (tertiary/aromatic N) is 3. The van der Waals surface area contributed by atoms with Crippen molar-refractivity contribution in [1.82, 2.24) is 14.5 Å². The van der Waals surface area contributed by atoms with E-state index < -0.39 is 0 Å². The Hall–Kier alpha value is -2.95. The molecule has 3 rings (SSSR count). The predicted octanol–water partition coefficient (Wildman–Crippen LogP) is 6.60. The van der Waals surface area contributed by atoms with Crippen LogP contribution in [0.25, 0.3) is 16.6 Å². The molecule has 0 saturated carbocycles. The molecule has 0 bridgehead atoms. The van der Waals surface area contributed by atoms with Gasteiger partial charge < -0.3 is 4.90 Å². The molecule has 0 aliphatic carbocycles. The minimum Gasteiger partial charge on any atom is -0.332 e. The number of carbonyl (C=O) groups excluding carboxylic acids is 1. The second-order valence-electron chi connectivity index (χ2n) is 9.63. The molecule has 1 unspecified atom stereocenters. The Balaban J connectivity index is 2.18. The highest BCUT2D eigenvalue weighted by atomic mass is 16.2. The Morgan fingerprint density at radius 3 is 2.35 bits per heavy atom. The van der Waals surface area contributed by atoms with Gasteiger partial charge in [-0.25, -0.2) is 4.98 Å². The van der Waals surface area contributed by atoms with Gasteiger partial charge in [0.15, 0.2) is 0 Å². The second-order valence-corrected chi connectivity index (χ2v) is 9.63. The molecule has 0 N–H and O–H groups in total. The monoisotopic (exact) mass is 461 g/mol. The summed E-state index contributed by atoms with van der Waals surface area (Å²) in [5.74, 6) is 1.05. The Morgan fingerprint density at radius 1 is 1.00 bits per heavy atom. The van der Waals surface area contributed by atoms with Gasteiger partial charge in [0.2, 0.25) is 5.91 Å². The lowest BCUT2D eigenvalue weighted by Gasteiger charge is -2.33. The van der Waals surface area contributed by atoms with Crippen molar-refractivity contribution >= 4 is 16.8 Å². The summed E-state index contributed by atoms with van der Waals surface area (Å²) >= 11 is 0. The molecule has 2 aromatic carbocycles. The summed E-state index contributed by atoms with van der Waals surface area (Å²) in [6.45, 7) is 11.1. The Bertz CT molecular complexity index is 1150. The quantitative estimate of drug-likeness (QED) is 0.302. The third-order valence-corrected chi connectivity index (χ3v) is 6.31. The van der Waals surface area contributed by atoms with Crippen LogP contribution < -0.4 is 5.56 Å². The molecule has 1 heterocycles. The zero-order valence-corrected chi connectivity index (χ0v) is 21.4. The SMILES string of the molecule is CCCCCCN(C(=O)CC(C)C)C(CC)c1nc2ccccc2c(=O)n1-c1ccc(C)cc1. The molecular formula is C29H39N3O2. The molecule has 0 spiro atoms. The van der Waals surface area contributed by atoms with E-state index in [-0.39, 0.29) is 23.4 Å². The van der Waals surface area contributed by atoms with E-state index in [1.807, 2.05) is 60.4 Å². The van der Waals surface area contributed by atoms with Crippen molar-refractivity contribution in [2.24, 2.45) is 5.92 Å². The predicted molar refractivity (Wildman–Crippen MR) is 140 cm³/mol. The normalized spacial score (nSPS) is 12.3. The van der Waals surface area contributed by atoms with Crippen molar-refractivity contribution in [2.75, 3.05) is 6.54 Å². The molecule has 3 aromatic rings. The molecule has 182 valence electrons. The Kier molecular flexibility index (Phi) is 9.03. The molecule has 5 nitrogen and oxygen atoms in total. The van der Waals surface area contributed by atoms with Crippen molar-refractivity contribution in [2.45, 2.75) is 79.2 Å². The van der Waals surface area contributed by atoms with Crippen molar-refractivity contribution < 1.29 is 4.79 Å². The average molecular weight is 462 g/mol. The average Bonchev–Trinajstić information content (AvgIpc) is 2.81. The highest BCUT2D eigenvalue weighted by Crippen LogP contribution is 2.28. The third kappa shape index (κ3) is 5.94. The van der Waals surface area contributed by atoms with E-state index in [9.17, 15) is 9.59 Å². The van der Waals surface area contributed by atoms with Crippen LogP contribution in [0.5, 0.6) is 0 Å². The Labute approximate surface area is 203 Å². The van der Waals surface area contributed by atoms with Crippen LogP contribution in [-0.2, 0) is 4.79 Å². The smallest absolute Gasteiger partial charge is 0.266 e. The van der Waals surface area contributed by atoms with E-state index in [1.165, 1.54) is 0 Å². The number of fused-ring (bicyclic) bond motifs is 1. The standard InChI is InChI=1S/C29H39N3O2/c1-6-8-9-12-19-31(27(33)20-21(3)4)26(7-2)28-30-25-14-11-10-13-24(25)29(34)32(28)23-17-15-22(5)16-18-23/h10-11,13-18,21,26H,6-9,12,19-20H2,1-5H3. The molecule has 0 fully saturated rings. The largest absolute Gasteiger partial charge is 0.332 e. The van der Waals surface area contributed by atoms with Gasteiger partial charge in [-0.15, -0.1) is 0 Å². The van der Waals surface area contributed by atoms with Crippen LogP contribution in [-0.4, -0.2) is 26.9 Å². The zero-order valence-electron chi connectivity index (χ0n) is 21.4. The fourth-order valence-corrected chi connectivity index (χ4v) is 4.49. The first kappa shape index (κ1) is 25.7. The van der Waals surface area contributed by atoms with E-state index in [0.717, 1.165) is 36.9 Å². The Morgan fingerprint density at radius 2 is 1.71 bits per heavy atom. The van der Waals surface area contributed by atoms with Crippen molar-refractivity contribution in [3.8, 4) is 5.69 Å². The summed E-state index contributed by atoms with van der Waals surface area (Å²) in [7, 11) is 0. The maximum Gasteiger partial charge on any atom is 0.266 e. The number of para-hydroxylation sites is 1. The van der Waals surface area contributed by atoms with Crippen molar-refractivity contribution in [1.29, 1.82) is 0 Å². The highest BCUT2D eigenvalue weighted by molar-refractivity contribution is 5.79. The van der Waals surface area contributed by atoms with Crippen LogP contribution in [0.2, 0.25) is 0 Å². The number of amides is 1. The van der Waals surface area contributed by atoms with E-state index in [4.69, 9.17) is 4.98 Å². The fraction of sp³-hybridized carbons (Fsp3) is 0.483. The summed E-state index contributed by atoms with van der Waals surface area (Å²) in [6.07, 6.45) is 5.54. The van der Waals surface area contributed by atoms with Crippen molar-refractivity contribution in [3.63, 3.8) is 0 Å². The van der Waals surface area contributed by atoms with Crippen LogP contribution in [0.4, 0.5) is 0 Å². The van der Waals surface area contributed by atoms with Gasteiger partial charge in [-0.2, -0.15) is 0 Å². The maximum absolute atomic E-state index is 13.7. The van der Waals surface area contributed by atoms with E-state index in [2.05, 4.69) is 27.7 Å². The minimum absolute atomic E-state index is 0.0925. The highest BCUT2D eigenvalue weighted by Gasteiger charge is 2.29. The van der Waals surface area contributed by atoms with Gasteiger partial charge in [0.25, 0.3) is 5.56 Å². The van der Waals surface area contributed by atoms with E-state index in [0.29, 0.717) is 36.1 Å². The van der Waals surface area contributed by atoms with Gasteiger partial charge in [0.1, 0.15) is 5.82 Å². The van der Waals surface area contributed by atoms with Gasteiger partial charge >= 0.3 is 0 Å². The fourth-order valence-electron chi connectivity index (χ4n) is 4.49. The third-order valence-electron chi connectivity index (χ3n) is 6.31. The molecule has 0 radical (unpaired) electrons. The molecule has 1 aromatic heterocycles. The maximum atomic E-state index is 13.7. The minimum atomic E-state index is -0.272. The van der Waals surface area contributed by atoms with Gasteiger partial charge in [-0.3, -0.25) is 14.2 Å². The van der Waals surface area contributed by atoms with Gasteiger partial charge in [-0.1, -0.05) is 76.8 Å². The number of aryl methyl sites for hydroxylation is 1. The molecule has 0 aliphatic heterocycles. The number of unbranched alkanes of at least 4 members (excludes halogenated alkanes) is 3. The second kappa shape index (κ2) is 12.0. The van der Waals surface area contributed by atoms with Crippen LogP contribution in [0.1, 0.15) is 83.6 Å². The summed E-state index contributed by atoms with van der Waals surface area (Å²) < 4.78 is 1.72. The number of hydrogen-bond donors (Lipinski definition) is 0. The lowest BCUT2D eigenvalue weighted by atomic mass is 10.0. The lowest BCUT2D eigenvalue weighted by molar-refractivity contribution is -0.135. The summed E-state index contributed by atoms with van der Waals surface area (Å²) in [6, 6.07) is 15.2. The topological polar surface area (TPSA) is 55.2 Å². The molecular weight excluding hydrogens is 422 g/mol. The number of benzene rings is 2. The summed E-state index contributed by atoms with van der Waals surface area (Å²) in [5.41, 5.74) is 2.49. The van der Waals surface area contributed by atoms with E-state index >= 15 is 0 Å². The summed E-state index contributed by atoms with van der Waals surface area (Å²) in [4.78, 5) is 34.2. The number of aromatic nitrogens is 2. The van der Waals surface area contributed by atoms with Gasteiger partial charge in [0.05, 0.1) is 22.6 Å². The van der Waals surface area contributed by atoms with Gasteiger partial charge in [0, 0.05) is 13.0 Å². The van der Waals surface area contributed by atoms with Crippen LogP contribution in [0, 0.1) is 12.8 Å². The molecule has 5 heteroatoms. The first-order valence-corrected chi connectivity index (χ1v) is 12.8. The number of rotatable bonds is 11. The number of hydrogen-bond acceptors (Lipinski definition) is 3. The molecule has 1 amide bonds. The van der Waals surface area contributed by atoms with Crippen LogP contribution in [0.3, 0.4) is 0 Å². The van der Waals surface area contributed by atoms with Crippen LogP contribution >= 0.6 is 0 Å². The van der Waals surface area contributed by atoms with Crippen molar-refractivity contribution in [3.05, 3.63) is 70.3 Å². The molecule has 0 saturated heterocycles.